The normalized spacial score (nSPS) is 14.3. The number of aryl methyl sites for hydroxylation is 1. The topological polar surface area (TPSA) is 101 Å². The number of amides is 3. The molecule has 1 fully saturated rings. The second-order valence-corrected chi connectivity index (χ2v) is 9.79. The fourth-order valence-electron chi connectivity index (χ4n) is 3.96. The second-order valence-electron chi connectivity index (χ2n) is 8.46. The van der Waals surface area contributed by atoms with Gasteiger partial charge < -0.3 is 10.1 Å². The summed E-state index contributed by atoms with van der Waals surface area (Å²) in [6, 6.07) is 18.0. The van der Waals surface area contributed by atoms with Crippen LogP contribution in [0.5, 0.6) is 11.6 Å². The van der Waals surface area contributed by atoms with E-state index in [1.54, 1.807) is 36.4 Å². The van der Waals surface area contributed by atoms with Gasteiger partial charge in [0, 0.05) is 11.3 Å². The Labute approximate surface area is 231 Å². The maximum Gasteiger partial charge on any atom is 0.294 e. The molecular weight excluding hydrogens is 543 g/mol. The predicted octanol–water partition coefficient (Wildman–Crippen LogP) is 6.45. The number of imide groups is 1. The summed E-state index contributed by atoms with van der Waals surface area (Å²) in [6.45, 7) is 1.58. The van der Waals surface area contributed by atoms with Gasteiger partial charge in [0.15, 0.2) is 0 Å². The van der Waals surface area contributed by atoms with Gasteiger partial charge in [-0.25, -0.2) is 4.98 Å². The van der Waals surface area contributed by atoms with Crippen LogP contribution in [0, 0.1) is 5.82 Å². The average Bonchev–Trinajstić information content (AvgIpc) is 3.19. The van der Waals surface area contributed by atoms with Crippen molar-refractivity contribution in [2.75, 3.05) is 11.9 Å². The lowest BCUT2D eigenvalue weighted by Crippen LogP contribution is -2.36. The van der Waals surface area contributed by atoms with E-state index in [4.69, 9.17) is 16.3 Å². The standard InChI is InChI=1S/C28H20ClFN4O4S/c1-2-16-7-10-18(11-8-16)32-24(35)15-34-26(36)23(39-28(34)37)13-20-19-6-4-3-5-17(19)9-12-22(20)38-25-21(30)14-31-27(29)33-25/h3-14H,2,15H2,1H3,(H,32,35)/b23-13+. The highest BCUT2D eigenvalue weighted by Crippen LogP contribution is 2.38. The molecule has 196 valence electrons. The number of nitrogens with zero attached hydrogens (tertiary/aromatic N) is 3. The van der Waals surface area contributed by atoms with Crippen LogP contribution in [-0.2, 0) is 16.0 Å². The number of carbonyl (C=O) groups is 3. The van der Waals surface area contributed by atoms with E-state index in [0.717, 1.165) is 28.5 Å². The quantitative estimate of drug-likeness (QED) is 0.204. The Hall–Kier alpha value is -4.28. The molecule has 4 aromatic rings. The Morgan fingerprint density at radius 3 is 2.67 bits per heavy atom. The van der Waals surface area contributed by atoms with Gasteiger partial charge in [0.1, 0.15) is 12.3 Å². The Morgan fingerprint density at radius 1 is 1.13 bits per heavy atom. The van der Waals surface area contributed by atoms with Gasteiger partial charge in [0.25, 0.3) is 17.0 Å². The van der Waals surface area contributed by atoms with Gasteiger partial charge in [-0.3, -0.25) is 19.3 Å². The number of fused-ring (bicyclic) bond motifs is 1. The van der Waals surface area contributed by atoms with Crippen molar-refractivity contribution in [1.82, 2.24) is 14.9 Å². The number of halogens is 2. The van der Waals surface area contributed by atoms with Crippen LogP contribution in [-0.4, -0.2) is 38.5 Å². The van der Waals surface area contributed by atoms with Crippen molar-refractivity contribution in [3.63, 3.8) is 0 Å². The molecule has 1 aliphatic heterocycles. The Balaban J connectivity index is 1.43. The third-order valence-electron chi connectivity index (χ3n) is 5.92. The van der Waals surface area contributed by atoms with Gasteiger partial charge in [-0.15, -0.1) is 0 Å². The summed E-state index contributed by atoms with van der Waals surface area (Å²) in [5.41, 5.74) is 2.11. The van der Waals surface area contributed by atoms with E-state index >= 15 is 0 Å². The smallest absolute Gasteiger partial charge is 0.294 e. The molecule has 0 atom stereocenters. The number of aromatic nitrogens is 2. The average molecular weight is 563 g/mol. The van der Waals surface area contributed by atoms with Crippen molar-refractivity contribution in [3.8, 4) is 11.6 Å². The number of hydrogen-bond acceptors (Lipinski definition) is 7. The first-order chi connectivity index (χ1) is 18.8. The zero-order valence-electron chi connectivity index (χ0n) is 20.5. The van der Waals surface area contributed by atoms with Crippen LogP contribution in [0.15, 0.2) is 71.8 Å². The Kier molecular flexibility index (Phi) is 7.58. The van der Waals surface area contributed by atoms with Crippen molar-refractivity contribution in [2.45, 2.75) is 13.3 Å². The molecule has 8 nitrogen and oxygen atoms in total. The summed E-state index contributed by atoms with van der Waals surface area (Å²) in [7, 11) is 0. The van der Waals surface area contributed by atoms with Crippen LogP contribution < -0.4 is 10.1 Å². The third-order valence-corrected chi connectivity index (χ3v) is 7.01. The van der Waals surface area contributed by atoms with Gasteiger partial charge in [-0.1, -0.05) is 49.4 Å². The highest BCUT2D eigenvalue weighted by atomic mass is 35.5. The van der Waals surface area contributed by atoms with E-state index in [1.807, 2.05) is 31.2 Å². The number of hydrogen-bond donors (Lipinski definition) is 1. The SMILES string of the molecule is CCc1ccc(NC(=O)CN2C(=O)S/C(=C/c3c(Oc4nc(Cl)ncc4F)ccc4ccccc34)C2=O)cc1. The van der Waals surface area contributed by atoms with E-state index in [-0.39, 0.29) is 15.9 Å². The van der Waals surface area contributed by atoms with Crippen molar-refractivity contribution >= 4 is 63.0 Å². The monoisotopic (exact) mass is 562 g/mol. The molecule has 0 unspecified atom stereocenters. The van der Waals surface area contributed by atoms with Gasteiger partial charge in [-0.05, 0) is 70.4 Å². The lowest BCUT2D eigenvalue weighted by Gasteiger charge is -2.13. The molecule has 1 aromatic heterocycles. The molecule has 1 N–H and O–H groups in total. The number of anilines is 1. The lowest BCUT2D eigenvalue weighted by molar-refractivity contribution is -0.127. The number of rotatable bonds is 7. The first kappa shape index (κ1) is 26.3. The van der Waals surface area contributed by atoms with Gasteiger partial charge in [-0.2, -0.15) is 9.37 Å². The molecule has 0 bridgehead atoms. The van der Waals surface area contributed by atoms with Crippen LogP contribution in [0.1, 0.15) is 18.1 Å². The largest absolute Gasteiger partial charge is 0.436 e. The first-order valence-electron chi connectivity index (χ1n) is 11.8. The van der Waals surface area contributed by atoms with Crippen LogP contribution in [0.2, 0.25) is 5.28 Å². The van der Waals surface area contributed by atoms with E-state index < -0.39 is 35.3 Å². The molecule has 3 aromatic carbocycles. The lowest BCUT2D eigenvalue weighted by atomic mass is 10.0. The van der Waals surface area contributed by atoms with Crippen LogP contribution >= 0.6 is 23.4 Å². The van der Waals surface area contributed by atoms with E-state index in [0.29, 0.717) is 28.4 Å². The number of nitrogens with one attached hydrogen (secondary N) is 1. The molecule has 0 saturated carbocycles. The molecular formula is C28H20ClFN4O4S. The van der Waals surface area contributed by atoms with Crippen molar-refractivity contribution in [1.29, 1.82) is 0 Å². The molecule has 2 heterocycles. The molecule has 3 amide bonds. The fraction of sp³-hybridized carbons (Fsp3) is 0.107. The summed E-state index contributed by atoms with van der Waals surface area (Å²) < 4.78 is 20.1. The highest BCUT2D eigenvalue weighted by Gasteiger charge is 2.36. The summed E-state index contributed by atoms with van der Waals surface area (Å²) in [5.74, 6) is -2.17. The Bertz CT molecular complexity index is 1640. The van der Waals surface area contributed by atoms with Gasteiger partial charge in [0.2, 0.25) is 17.0 Å². The van der Waals surface area contributed by atoms with Crippen LogP contribution in [0.3, 0.4) is 0 Å². The molecule has 0 spiro atoms. The minimum Gasteiger partial charge on any atom is -0.436 e. The zero-order valence-corrected chi connectivity index (χ0v) is 22.1. The molecule has 0 aliphatic carbocycles. The number of benzene rings is 3. The molecule has 0 radical (unpaired) electrons. The second kappa shape index (κ2) is 11.2. The molecule has 5 rings (SSSR count). The maximum absolute atomic E-state index is 14.3. The van der Waals surface area contributed by atoms with Gasteiger partial charge >= 0.3 is 0 Å². The fourth-order valence-corrected chi connectivity index (χ4v) is 4.90. The molecule has 39 heavy (non-hydrogen) atoms. The summed E-state index contributed by atoms with van der Waals surface area (Å²) in [5, 5.41) is 3.43. The molecule has 11 heteroatoms. The number of carbonyl (C=O) groups excluding carboxylic acids is 3. The summed E-state index contributed by atoms with van der Waals surface area (Å²) in [6.07, 6.45) is 3.24. The van der Waals surface area contributed by atoms with Crippen molar-refractivity contribution in [2.24, 2.45) is 0 Å². The van der Waals surface area contributed by atoms with E-state index in [2.05, 4.69) is 15.3 Å². The van der Waals surface area contributed by atoms with Crippen molar-refractivity contribution in [3.05, 3.63) is 94.0 Å². The minimum absolute atomic E-state index is 0.0856. The van der Waals surface area contributed by atoms with Crippen molar-refractivity contribution < 1.29 is 23.5 Å². The van der Waals surface area contributed by atoms with E-state index in [9.17, 15) is 18.8 Å². The van der Waals surface area contributed by atoms with E-state index in [1.165, 1.54) is 6.08 Å². The Morgan fingerprint density at radius 2 is 1.90 bits per heavy atom. The number of thioether (sulfide) groups is 1. The van der Waals surface area contributed by atoms with Gasteiger partial charge in [0.05, 0.1) is 11.1 Å². The third kappa shape index (κ3) is 5.76. The minimum atomic E-state index is -0.825. The zero-order chi connectivity index (χ0) is 27.5. The maximum atomic E-state index is 14.3. The predicted molar refractivity (Wildman–Crippen MR) is 148 cm³/mol. The van der Waals surface area contributed by atoms with Crippen LogP contribution in [0.4, 0.5) is 14.9 Å². The summed E-state index contributed by atoms with van der Waals surface area (Å²) in [4.78, 5) is 46.9. The van der Waals surface area contributed by atoms with Crippen LogP contribution in [0.25, 0.3) is 16.8 Å². The summed E-state index contributed by atoms with van der Waals surface area (Å²) >= 11 is 6.51. The number of ether oxygens (including phenoxy) is 1. The molecule has 1 saturated heterocycles. The highest BCUT2D eigenvalue weighted by molar-refractivity contribution is 8.18. The molecule has 1 aliphatic rings. The first-order valence-corrected chi connectivity index (χ1v) is 13.0.